The Labute approximate surface area is 180 Å². The molecule has 0 saturated carbocycles. The summed E-state index contributed by atoms with van der Waals surface area (Å²) in [6.45, 7) is 2.21. The molecule has 1 atom stereocenters. The van der Waals surface area contributed by atoms with Gasteiger partial charge in [0.15, 0.2) is 0 Å². The van der Waals surface area contributed by atoms with E-state index in [1.807, 2.05) is 12.2 Å². The summed E-state index contributed by atoms with van der Waals surface area (Å²) >= 11 is 0. The van der Waals surface area contributed by atoms with Gasteiger partial charge < -0.3 is 15.5 Å². The van der Waals surface area contributed by atoms with Gasteiger partial charge in [0.1, 0.15) is 6.04 Å². The lowest BCUT2D eigenvalue weighted by molar-refractivity contribution is -0.147. The predicted octanol–water partition coefficient (Wildman–Crippen LogP) is 5.18. The molecule has 30 heavy (non-hydrogen) atoms. The molecule has 0 saturated heterocycles. The third-order valence-electron chi connectivity index (χ3n) is 4.24. The highest BCUT2D eigenvalue weighted by molar-refractivity contribution is 5.86. The molecule has 0 aromatic heterocycles. The fraction of sp³-hybridized carbons (Fsp3) is 0.542. The van der Waals surface area contributed by atoms with Crippen molar-refractivity contribution in [2.45, 2.75) is 83.6 Å². The van der Waals surface area contributed by atoms with Gasteiger partial charge in [0.25, 0.3) is 0 Å². The molecule has 0 bridgehead atoms. The van der Waals surface area contributed by atoms with E-state index in [1.54, 1.807) is 0 Å². The Hall–Kier alpha value is -2.63. The van der Waals surface area contributed by atoms with Crippen LogP contribution in [0.4, 0.5) is 0 Å². The Morgan fingerprint density at radius 2 is 1.27 bits per heavy atom. The average molecular weight is 420 g/mol. The van der Waals surface area contributed by atoms with Gasteiger partial charge in [-0.15, -0.1) is 0 Å². The highest BCUT2D eigenvalue weighted by atomic mass is 16.4. The van der Waals surface area contributed by atoms with Crippen LogP contribution in [0.15, 0.2) is 48.6 Å². The predicted molar refractivity (Wildman–Crippen MR) is 120 cm³/mol. The molecule has 0 heterocycles. The molecule has 0 rings (SSSR count). The van der Waals surface area contributed by atoms with E-state index in [4.69, 9.17) is 10.2 Å². The molecule has 1 amide bonds. The van der Waals surface area contributed by atoms with Crippen molar-refractivity contribution >= 4 is 17.8 Å². The fourth-order valence-electron chi connectivity index (χ4n) is 2.58. The highest BCUT2D eigenvalue weighted by Gasteiger charge is 2.22. The minimum absolute atomic E-state index is 0.168. The molecular formula is C24H37NO5. The van der Waals surface area contributed by atoms with Gasteiger partial charge in [0.05, 0.1) is 6.42 Å². The molecule has 0 aromatic carbocycles. The summed E-state index contributed by atoms with van der Waals surface area (Å²) < 4.78 is 0. The van der Waals surface area contributed by atoms with Crippen LogP contribution in [0, 0.1) is 0 Å². The maximum atomic E-state index is 11.7. The van der Waals surface area contributed by atoms with Gasteiger partial charge in [-0.1, -0.05) is 68.4 Å². The van der Waals surface area contributed by atoms with Crippen molar-refractivity contribution in [2.24, 2.45) is 0 Å². The summed E-state index contributed by atoms with van der Waals surface area (Å²) in [5, 5.41) is 19.8. The summed E-state index contributed by atoms with van der Waals surface area (Å²) in [5.74, 6) is -3.05. The number of amides is 1. The minimum Gasteiger partial charge on any atom is -0.481 e. The number of carboxylic acid groups (broad SMARTS) is 2. The summed E-state index contributed by atoms with van der Waals surface area (Å²) in [6, 6.07) is -1.38. The zero-order chi connectivity index (χ0) is 22.5. The van der Waals surface area contributed by atoms with Gasteiger partial charge in [-0.25, -0.2) is 4.79 Å². The zero-order valence-corrected chi connectivity index (χ0v) is 18.1. The van der Waals surface area contributed by atoms with Crippen LogP contribution >= 0.6 is 0 Å². The van der Waals surface area contributed by atoms with E-state index in [9.17, 15) is 14.4 Å². The van der Waals surface area contributed by atoms with E-state index in [-0.39, 0.29) is 6.42 Å². The Morgan fingerprint density at radius 3 is 1.73 bits per heavy atom. The lowest BCUT2D eigenvalue weighted by Gasteiger charge is -2.11. The number of hydrogen-bond donors (Lipinski definition) is 3. The SMILES string of the molecule is CCCCCC=CCC=CCC=CCC=CCCCC(=O)NC(CC(=O)O)C(=O)O. The van der Waals surface area contributed by atoms with Crippen molar-refractivity contribution in [3.8, 4) is 0 Å². The van der Waals surface area contributed by atoms with Crippen molar-refractivity contribution in [1.82, 2.24) is 5.32 Å². The van der Waals surface area contributed by atoms with Crippen molar-refractivity contribution in [1.29, 1.82) is 0 Å². The fourth-order valence-corrected chi connectivity index (χ4v) is 2.58. The number of aliphatic carboxylic acids is 2. The first-order valence-electron chi connectivity index (χ1n) is 10.8. The van der Waals surface area contributed by atoms with E-state index >= 15 is 0 Å². The summed E-state index contributed by atoms with van der Waals surface area (Å²) in [5.41, 5.74) is 0. The largest absolute Gasteiger partial charge is 0.481 e. The zero-order valence-electron chi connectivity index (χ0n) is 18.1. The number of carbonyl (C=O) groups excluding carboxylic acids is 1. The Balaban J connectivity index is 3.74. The van der Waals surface area contributed by atoms with Gasteiger partial charge in [-0.3, -0.25) is 9.59 Å². The third kappa shape index (κ3) is 18.7. The molecule has 0 radical (unpaired) electrons. The van der Waals surface area contributed by atoms with Crippen LogP contribution in [0.1, 0.15) is 77.6 Å². The molecule has 0 aliphatic rings. The molecule has 1 unspecified atom stereocenters. The molecule has 0 aliphatic carbocycles. The Kier molecular flexibility index (Phi) is 18.0. The number of carbonyl (C=O) groups is 3. The quantitative estimate of drug-likeness (QED) is 0.210. The number of carboxylic acids is 2. The molecule has 6 heteroatoms. The van der Waals surface area contributed by atoms with Gasteiger partial charge in [0.2, 0.25) is 5.91 Å². The topological polar surface area (TPSA) is 104 Å². The molecule has 0 spiro atoms. The number of hydrogen-bond acceptors (Lipinski definition) is 3. The number of allylic oxidation sites excluding steroid dienone is 8. The smallest absolute Gasteiger partial charge is 0.326 e. The minimum atomic E-state index is -1.38. The van der Waals surface area contributed by atoms with Crippen LogP contribution in [-0.2, 0) is 14.4 Å². The van der Waals surface area contributed by atoms with Crippen LogP contribution in [0.3, 0.4) is 0 Å². The second-order valence-corrected chi connectivity index (χ2v) is 7.04. The Morgan fingerprint density at radius 1 is 0.767 bits per heavy atom. The van der Waals surface area contributed by atoms with Crippen molar-refractivity contribution in [3.63, 3.8) is 0 Å². The van der Waals surface area contributed by atoms with Gasteiger partial charge >= 0.3 is 11.9 Å². The maximum Gasteiger partial charge on any atom is 0.326 e. The van der Waals surface area contributed by atoms with E-state index in [0.29, 0.717) is 12.8 Å². The van der Waals surface area contributed by atoms with Crippen molar-refractivity contribution < 1.29 is 24.6 Å². The highest BCUT2D eigenvalue weighted by Crippen LogP contribution is 2.02. The molecule has 0 aromatic rings. The maximum absolute atomic E-state index is 11.7. The number of nitrogens with one attached hydrogen (secondary N) is 1. The molecule has 168 valence electrons. The molecule has 3 N–H and O–H groups in total. The first-order chi connectivity index (χ1) is 14.5. The van der Waals surface area contributed by atoms with Crippen molar-refractivity contribution in [3.05, 3.63) is 48.6 Å². The van der Waals surface area contributed by atoms with E-state index in [2.05, 4.69) is 48.7 Å². The molecule has 0 fully saturated rings. The van der Waals surface area contributed by atoms with Crippen molar-refractivity contribution in [2.75, 3.05) is 0 Å². The summed E-state index contributed by atoms with van der Waals surface area (Å²) in [4.78, 5) is 33.2. The van der Waals surface area contributed by atoms with E-state index in [1.165, 1.54) is 25.7 Å². The summed E-state index contributed by atoms with van der Waals surface area (Å²) in [7, 11) is 0. The van der Waals surface area contributed by atoms with Crippen LogP contribution < -0.4 is 5.32 Å². The first-order valence-corrected chi connectivity index (χ1v) is 10.8. The molecule has 6 nitrogen and oxygen atoms in total. The lowest BCUT2D eigenvalue weighted by atomic mass is 10.1. The van der Waals surface area contributed by atoms with E-state index < -0.39 is 30.3 Å². The third-order valence-corrected chi connectivity index (χ3v) is 4.24. The summed E-state index contributed by atoms with van der Waals surface area (Å²) in [6.07, 6.45) is 25.6. The second-order valence-electron chi connectivity index (χ2n) is 7.04. The van der Waals surface area contributed by atoms with Crippen LogP contribution in [0.2, 0.25) is 0 Å². The Bertz CT molecular complexity index is 605. The standard InChI is InChI=1S/C24H37NO5/c1-2-3-4-5-6-7-8-9-10-11-12-13-14-15-16-17-18-19-22(26)25-21(24(29)30)20-23(27)28/h6-7,9-10,12-13,15-16,21H,2-5,8,11,14,17-20H2,1H3,(H,25,26)(H,27,28)(H,29,30). The van der Waals surface area contributed by atoms with Gasteiger partial charge in [-0.05, 0) is 44.9 Å². The number of unbranched alkanes of at least 4 members (excludes halogenated alkanes) is 4. The van der Waals surface area contributed by atoms with Crippen LogP contribution in [0.5, 0.6) is 0 Å². The number of rotatable bonds is 18. The second kappa shape index (κ2) is 19.7. The van der Waals surface area contributed by atoms with Crippen LogP contribution in [0.25, 0.3) is 0 Å². The molecular weight excluding hydrogens is 382 g/mol. The van der Waals surface area contributed by atoms with Gasteiger partial charge in [0, 0.05) is 6.42 Å². The van der Waals surface area contributed by atoms with E-state index in [0.717, 1.165) is 19.3 Å². The van der Waals surface area contributed by atoms with Gasteiger partial charge in [-0.2, -0.15) is 0 Å². The molecule has 0 aliphatic heterocycles. The average Bonchev–Trinajstić information content (AvgIpc) is 2.69. The lowest BCUT2D eigenvalue weighted by Crippen LogP contribution is -2.42. The monoisotopic (exact) mass is 419 g/mol. The first kappa shape index (κ1) is 27.4. The van der Waals surface area contributed by atoms with Crippen LogP contribution in [-0.4, -0.2) is 34.1 Å². The normalized spacial score (nSPS) is 13.0.